The minimum atomic E-state index is -3.64. The van der Waals surface area contributed by atoms with E-state index in [1.807, 2.05) is 13.0 Å². The van der Waals surface area contributed by atoms with E-state index in [0.717, 1.165) is 0 Å². The number of rotatable bonds is 4. The summed E-state index contributed by atoms with van der Waals surface area (Å²) in [4.78, 5) is 0.183. The van der Waals surface area contributed by atoms with Gasteiger partial charge in [0.25, 0.3) is 0 Å². The first-order chi connectivity index (χ1) is 9.59. The monoisotopic (exact) mass is 295 g/mol. The molecule has 1 aromatic carbocycles. The fourth-order valence-electron chi connectivity index (χ4n) is 2.09. The summed E-state index contributed by atoms with van der Waals surface area (Å²) in [7, 11) is -3.64. The van der Waals surface area contributed by atoms with E-state index in [1.54, 1.807) is 12.1 Å². The van der Waals surface area contributed by atoms with E-state index < -0.39 is 16.1 Å². The molecule has 1 N–H and O–H groups in total. The van der Waals surface area contributed by atoms with E-state index in [2.05, 4.69) is 5.32 Å². The average molecular weight is 295 g/mol. The Labute approximate surface area is 119 Å². The van der Waals surface area contributed by atoms with Gasteiger partial charge in [-0.25, -0.2) is 8.42 Å². The van der Waals surface area contributed by atoms with Crippen LogP contribution in [0.25, 0.3) is 0 Å². The van der Waals surface area contributed by atoms with Crippen molar-refractivity contribution in [3.05, 3.63) is 24.3 Å². The standard InChI is InChI=1S/C13H17N3O3S/c1-2-19-12-3-5-13(6-4-12)20(17,18)16-8-7-15-10-11(16)9-14/h3-6,11,15H,2,7-8,10H2,1H3. The molecule has 1 fully saturated rings. The van der Waals surface area contributed by atoms with Gasteiger partial charge in [0.15, 0.2) is 0 Å². The molecule has 0 aliphatic carbocycles. The predicted octanol–water partition coefficient (Wildman–Crippen LogP) is 0.571. The first-order valence-corrected chi connectivity index (χ1v) is 7.88. The Morgan fingerprint density at radius 2 is 2.15 bits per heavy atom. The van der Waals surface area contributed by atoms with Gasteiger partial charge < -0.3 is 10.1 Å². The molecule has 108 valence electrons. The molecule has 0 radical (unpaired) electrons. The van der Waals surface area contributed by atoms with E-state index >= 15 is 0 Å². The highest BCUT2D eigenvalue weighted by Gasteiger charge is 2.33. The largest absolute Gasteiger partial charge is 0.494 e. The second-order valence-electron chi connectivity index (χ2n) is 4.37. The summed E-state index contributed by atoms with van der Waals surface area (Å²) >= 11 is 0. The molecule has 0 spiro atoms. The minimum Gasteiger partial charge on any atom is -0.494 e. The first kappa shape index (κ1) is 14.8. The van der Waals surface area contributed by atoms with Gasteiger partial charge in [-0.05, 0) is 31.2 Å². The lowest BCUT2D eigenvalue weighted by molar-refractivity contribution is 0.311. The molecule has 0 amide bonds. The lowest BCUT2D eigenvalue weighted by Gasteiger charge is -2.30. The Morgan fingerprint density at radius 3 is 2.75 bits per heavy atom. The summed E-state index contributed by atoms with van der Waals surface area (Å²) in [5.74, 6) is 0.628. The number of benzene rings is 1. The van der Waals surface area contributed by atoms with Crippen molar-refractivity contribution in [2.75, 3.05) is 26.2 Å². The van der Waals surface area contributed by atoms with Crippen LogP contribution in [0.4, 0.5) is 0 Å². The zero-order valence-corrected chi connectivity index (χ0v) is 12.1. The van der Waals surface area contributed by atoms with Gasteiger partial charge in [0.1, 0.15) is 11.8 Å². The number of nitrogens with one attached hydrogen (secondary N) is 1. The Morgan fingerprint density at radius 1 is 1.45 bits per heavy atom. The Kier molecular flexibility index (Phi) is 4.60. The molecule has 1 atom stereocenters. The number of nitrogens with zero attached hydrogens (tertiary/aromatic N) is 2. The number of ether oxygens (including phenoxy) is 1. The highest BCUT2D eigenvalue weighted by molar-refractivity contribution is 7.89. The number of nitriles is 1. The summed E-state index contributed by atoms with van der Waals surface area (Å²) in [6, 6.07) is 7.63. The zero-order valence-electron chi connectivity index (χ0n) is 11.2. The quantitative estimate of drug-likeness (QED) is 0.878. The molecule has 1 aliphatic heterocycles. The molecule has 0 bridgehead atoms. The molecule has 20 heavy (non-hydrogen) atoms. The van der Waals surface area contributed by atoms with Crippen LogP contribution in [0.1, 0.15) is 6.92 Å². The number of sulfonamides is 1. The van der Waals surface area contributed by atoms with E-state index in [-0.39, 0.29) is 4.90 Å². The number of hydrogen-bond donors (Lipinski definition) is 1. The van der Waals surface area contributed by atoms with Gasteiger partial charge >= 0.3 is 0 Å². The van der Waals surface area contributed by atoms with E-state index in [1.165, 1.54) is 16.4 Å². The normalized spacial score (nSPS) is 20.3. The molecule has 6 nitrogen and oxygen atoms in total. The summed E-state index contributed by atoms with van der Waals surface area (Å²) in [5.41, 5.74) is 0. The maximum Gasteiger partial charge on any atom is 0.244 e. The summed E-state index contributed by atoms with van der Waals surface area (Å²) in [6.07, 6.45) is 0. The van der Waals surface area contributed by atoms with Crippen LogP contribution in [0.3, 0.4) is 0 Å². The van der Waals surface area contributed by atoms with Crippen LogP contribution in [-0.4, -0.2) is 45.0 Å². The predicted molar refractivity (Wildman–Crippen MR) is 73.8 cm³/mol. The van der Waals surface area contributed by atoms with Crippen LogP contribution in [-0.2, 0) is 10.0 Å². The molecule has 1 aliphatic rings. The Bertz CT molecular complexity index is 592. The molecule has 0 aromatic heterocycles. The van der Waals surface area contributed by atoms with Crippen molar-refractivity contribution in [3.8, 4) is 11.8 Å². The molecule has 1 saturated heterocycles. The maximum atomic E-state index is 12.5. The molecule has 1 heterocycles. The average Bonchev–Trinajstić information content (AvgIpc) is 2.48. The summed E-state index contributed by atoms with van der Waals surface area (Å²) < 4.78 is 31.6. The molecular weight excluding hydrogens is 278 g/mol. The maximum absolute atomic E-state index is 12.5. The third kappa shape index (κ3) is 2.93. The van der Waals surface area contributed by atoms with Crippen molar-refractivity contribution in [2.45, 2.75) is 17.9 Å². The zero-order chi connectivity index (χ0) is 14.6. The van der Waals surface area contributed by atoms with E-state index in [4.69, 9.17) is 10.00 Å². The SMILES string of the molecule is CCOc1ccc(S(=O)(=O)N2CCNCC2C#N)cc1. The number of piperazine rings is 1. The highest BCUT2D eigenvalue weighted by Crippen LogP contribution is 2.21. The topological polar surface area (TPSA) is 82.4 Å². The summed E-state index contributed by atoms with van der Waals surface area (Å²) in [5, 5.41) is 12.1. The van der Waals surface area contributed by atoms with Crippen LogP contribution in [0.2, 0.25) is 0 Å². The molecule has 0 saturated carbocycles. The Balaban J connectivity index is 2.27. The van der Waals surface area contributed by atoms with Gasteiger partial charge in [0.2, 0.25) is 10.0 Å². The molecule has 2 rings (SSSR count). The van der Waals surface area contributed by atoms with E-state index in [0.29, 0.717) is 32.0 Å². The Hall–Kier alpha value is -1.62. The van der Waals surface area contributed by atoms with Crippen LogP contribution < -0.4 is 10.1 Å². The fourth-order valence-corrected chi connectivity index (χ4v) is 3.63. The lowest BCUT2D eigenvalue weighted by atomic mass is 10.3. The minimum absolute atomic E-state index is 0.183. The molecule has 1 aromatic rings. The van der Waals surface area contributed by atoms with Gasteiger partial charge in [-0.1, -0.05) is 0 Å². The van der Waals surface area contributed by atoms with Crippen molar-refractivity contribution in [3.63, 3.8) is 0 Å². The van der Waals surface area contributed by atoms with Crippen molar-refractivity contribution in [2.24, 2.45) is 0 Å². The fraction of sp³-hybridized carbons (Fsp3) is 0.462. The second kappa shape index (κ2) is 6.22. The highest BCUT2D eigenvalue weighted by atomic mass is 32.2. The third-order valence-corrected chi connectivity index (χ3v) is 5.01. The molecule has 1 unspecified atom stereocenters. The van der Waals surface area contributed by atoms with Gasteiger partial charge in [-0.3, -0.25) is 0 Å². The molecular formula is C13H17N3O3S. The van der Waals surface area contributed by atoms with Crippen molar-refractivity contribution >= 4 is 10.0 Å². The van der Waals surface area contributed by atoms with Gasteiger partial charge in [0.05, 0.1) is 17.6 Å². The van der Waals surface area contributed by atoms with Gasteiger partial charge in [0, 0.05) is 19.6 Å². The van der Waals surface area contributed by atoms with E-state index in [9.17, 15) is 8.42 Å². The second-order valence-corrected chi connectivity index (χ2v) is 6.26. The van der Waals surface area contributed by atoms with Crippen molar-refractivity contribution in [1.29, 1.82) is 5.26 Å². The van der Waals surface area contributed by atoms with Crippen molar-refractivity contribution < 1.29 is 13.2 Å². The first-order valence-electron chi connectivity index (χ1n) is 6.44. The number of hydrogen-bond acceptors (Lipinski definition) is 5. The van der Waals surface area contributed by atoms with Crippen LogP contribution in [0, 0.1) is 11.3 Å². The van der Waals surface area contributed by atoms with Crippen LogP contribution >= 0.6 is 0 Å². The van der Waals surface area contributed by atoms with Crippen LogP contribution in [0.5, 0.6) is 5.75 Å². The molecule has 7 heteroatoms. The van der Waals surface area contributed by atoms with Crippen LogP contribution in [0.15, 0.2) is 29.2 Å². The van der Waals surface area contributed by atoms with Gasteiger partial charge in [-0.15, -0.1) is 0 Å². The third-order valence-electron chi connectivity index (χ3n) is 3.08. The smallest absolute Gasteiger partial charge is 0.244 e. The lowest BCUT2D eigenvalue weighted by Crippen LogP contribution is -2.52. The van der Waals surface area contributed by atoms with Gasteiger partial charge in [-0.2, -0.15) is 9.57 Å². The van der Waals surface area contributed by atoms with Crippen molar-refractivity contribution in [1.82, 2.24) is 9.62 Å². The summed E-state index contributed by atoms with van der Waals surface area (Å²) in [6.45, 7) is 3.60.